The van der Waals surface area contributed by atoms with Gasteiger partial charge in [0.1, 0.15) is 0 Å². The van der Waals surface area contributed by atoms with Crippen molar-refractivity contribution in [2.75, 3.05) is 17.6 Å². The summed E-state index contributed by atoms with van der Waals surface area (Å²) < 4.78 is 6.72. The normalized spacial score (nSPS) is 12.9. The Morgan fingerprint density at radius 3 is 2.39 bits per heavy atom. The van der Waals surface area contributed by atoms with Crippen molar-refractivity contribution >= 4 is 34.8 Å². The van der Waals surface area contributed by atoms with Gasteiger partial charge in [0.15, 0.2) is 6.23 Å². The second kappa shape index (κ2) is 7.19. The van der Waals surface area contributed by atoms with Gasteiger partial charge in [0, 0.05) is 23.5 Å². The molecule has 0 unspecified atom stereocenters. The maximum absolute atomic E-state index is 11.7. The molecule has 0 spiro atoms. The fourth-order valence-electron chi connectivity index (χ4n) is 1.31. The van der Waals surface area contributed by atoms with E-state index in [2.05, 4.69) is 4.98 Å². The smallest absolute Gasteiger partial charge is 0.330 e. The minimum Gasteiger partial charge on any atom is -0.351 e. The minimum atomic E-state index is -0.725. The third-order valence-corrected chi connectivity index (χ3v) is 3.23. The van der Waals surface area contributed by atoms with Crippen molar-refractivity contribution in [1.82, 2.24) is 9.55 Å². The first kappa shape index (κ1) is 15.6. The van der Waals surface area contributed by atoms with Crippen molar-refractivity contribution in [3.05, 3.63) is 32.6 Å². The van der Waals surface area contributed by atoms with Crippen LogP contribution < -0.4 is 11.2 Å². The van der Waals surface area contributed by atoms with Gasteiger partial charge < -0.3 is 4.74 Å². The zero-order valence-corrected chi connectivity index (χ0v) is 11.9. The van der Waals surface area contributed by atoms with E-state index in [-0.39, 0.29) is 17.6 Å². The number of aromatic nitrogens is 2. The lowest BCUT2D eigenvalue weighted by molar-refractivity contribution is -0.0222. The number of ether oxygens (including phenoxy) is 1. The average Bonchev–Trinajstić information content (AvgIpc) is 2.36. The quantitative estimate of drug-likeness (QED) is 0.808. The summed E-state index contributed by atoms with van der Waals surface area (Å²) >= 11 is 17.1. The molecule has 18 heavy (non-hydrogen) atoms. The van der Waals surface area contributed by atoms with E-state index >= 15 is 0 Å². The van der Waals surface area contributed by atoms with E-state index in [0.29, 0.717) is 5.56 Å². The molecule has 0 saturated heterocycles. The van der Waals surface area contributed by atoms with E-state index in [1.807, 2.05) is 0 Å². The standard InChI is InChI=1S/C10H13Cl3N2O3/c1-6-5-15(10(17)14-9(6)16)8(4-13)18-7(2-11)3-12/h5,7-8H,2-4H2,1H3,(H,14,16,17)/t8-/m1/s1. The summed E-state index contributed by atoms with van der Waals surface area (Å²) in [4.78, 5) is 25.1. The molecule has 0 aliphatic rings. The molecule has 1 N–H and O–H groups in total. The van der Waals surface area contributed by atoms with Crippen LogP contribution in [-0.4, -0.2) is 33.3 Å². The van der Waals surface area contributed by atoms with Gasteiger partial charge in [0.2, 0.25) is 0 Å². The lowest BCUT2D eigenvalue weighted by Crippen LogP contribution is -2.36. The molecule has 0 aliphatic carbocycles. The molecule has 1 heterocycles. The van der Waals surface area contributed by atoms with Crippen LogP contribution in [0.4, 0.5) is 0 Å². The zero-order chi connectivity index (χ0) is 13.7. The summed E-state index contributed by atoms with van der Waals surface area (Å²) in [7, 11) is 0. The second-order valence-corrected chi connectivity index (χ2v) is 4.58. The predicted octanol–water partition coefficient (Wildman–Crippen LogP) is 1.45. The van der Waals surface area contributed by atoms with E-state index in [9.17, 15) is 9.59 Å². The monoisotopic (exact) mass is 314 g/mol. The highest BCUT2D eigenvalue weighted by Crippen LogP contribution is 2.13. The van der Waals surface area contributed by atoms with E-state index < -0.39 is 23.6 Å². The number of halogens is 3. The van der Waals surface area contributed by atoms with Crippen molar-refractivity contribution in [2.24, 2.45) is 0 Å². The fraction of sp³-hybridized carbons (Fsp3) is 0.600. The highest BCUT2D eigenvalue weighted by atomic mass is 35.5. The Morgan fingerprint density at radius 1 is 1.28 bits per heavy atom. The molecule has 0 aromatic carbocycles. The molecule has 102 valence electrons. The molecule has 5 nitrogen and oxygen atoms in total. The Labute approximate surface area is 119 Å². The molecule has 8 heteroatoms. The van der Waals surface area contributed by atoms with Gasteiger partial charge in [-0.3, -0.25) is 14.3 Å². The van der Waals surface area contributed by atoms with Crippen LogP contribution in [0.2, 0.25) is 0 Å². The van der Waals surface area contributed by atoms with Crippen LogP contribution in [0.15, 0.2) is 15.8 Å². The van der Waals surface area contributed by atoms with Crippen LogP contribution in [0.5, 0.6) is 0 Å². The van der Waals surface area contributed by atoms with Gasteiger partial charge in [-0.25, -0.2) is 4.79 Å². The SMILES string of the molecule is Cc1cn([C@@H](CCl)OC(CCl)CCl)c(=O)[nH]c1=O. The highest BCUT2D eigenvalue weighted by Gasteiger charge is 2.18. The van der Waals surface area contributed by atoms with Crippen LogP contribution in [0.1, 0.15) is 11.8 Å². The molecule has 0 bridgehead atoms. The van der Waals surface area contributed by atoms with Crippen LogP contribution in [0.25, 0.3) is 0 Å². The van der Waals surface area contributed by atoms with Crippen LogP contribution in [-0.2, 0) is 4.74 Å². The number of alkyl halides is 3. The Balaban J connectivity index is 3.05. The first-order valence-corrected chi connectivity index (χ1v) is 6.79. The van der Waals surface area contributed by atoms with Crippen LogP contribution >= 0.6 is 34.8 Å². The van der Waals surface area contributed by atoms with Crippen molar-refractivity contribution in [1.29, 1.82) is 0 Å². The maximum Gasteiger partial charge on any atom is 0.330 e. The highest BCUT2D eigenvalue weighted by molar-refractivity contribution is 6.21. The topological polar surface area (TPSA) is 64.1 Å². The first-order valence-electron chi connectivity index (χ1n) is 5.18. The Morgan fingerprint density at radius 2 is 1.89 bits per heavy atom. The Hall–Kier alpha value is -0.490. The van der Waals surface area contributed by atoms with E-state index in [1.165, 1.54) is 10.8 Å². The van der Waals surface area contributed by atoms with Crippen molar-refractivity contribution in [3.8, 4) is 0 Å². The number of H-pyrrole nitrogens is 1. The van der Waals surface area contributed by atoms with Crippen molar-refractivity contribution < 1.29 is 4.74 Å². The Bertz CT molecular complexity index is 496. The summed E-state index contributed by atoms with van der Waals surface area (Å²) in [5.41, 5.74) is -0.628. The van der Waals surface area contributed by atoms with Crippen molar-refractivity contribution in [2.45, 2.75) is 19.3 Å². The molecule has 1 atom stereocenters. The van der Waals surface area contributed by atoms with Gasteiger partial charge in [-0.2, -0.15) is 0 Å². The van der Waals surface area contributed by atoms with Gasteiger partial charge in [-0.15, -0.1) is 34.8 Å². The second-order valence-electron chi connectivity index (χ2n) is 3.65. The summed E-state index contributed by atoms with van der Waals surface area (Å²) in [6.45, 7) is 1.58. The zero-order valence-electron chi connectivity index (χ0n) is 9.66. The molecule has 1 aromatic rings. The predicted molar refractivity (Wildman–Crippen MR) is 72.1 cm³/mol. The number of hydrogen-bond acceptors (Lipinski definition) is 3. The third kappa shape index (κ3) is 3.75. The summed E-state index contributed by atoms with van der Waals surface area (Å²) in [6, 6.07) is 0. The number of nitrogens with one attached hydrogen (secondary N) is 1. The number of rotatable bonds is 6. The number of nitrogens with zero attached hydrogens (tertiary/aromatic N) is 1. The average molecular weight is 316 g/mol. The van der Waals surface area contributed by atoms with Crippen LogP contribution in [0, 0.1) is 6.92 Å². The van der Waals surface area contributed by atoms with Gasteiger partial charge in [0.25, 0.3) is 5.56 Å². The molecular weight excluding hydrogens is 302 g/mol. The van der Waals surface area contributed by atoms with E-state index in [1.54, 1.807) is 6.92 Å². The molecule has 0 fully saturated rings. The lowest BCUT2D eigenvalue weighted by Gasteiger charge is -2.22. The summed E-state index contributed by atoms with van der Waals surface area (Å²) in [5, 5.41) is 0. The molecular formula is C10H13Cl3N2O3. The molecule has 1 rings (SSSR count). The fourth-order valence-corrected chi connectivity index (χ4v) is 2.01. The Kier molecular flexibility index (Phi) is 6.21. The van der Waals surface area contributed by atoms with E-state index in [0.717, 1.165) is 0 Å². The molecule has 0 amide bonds. The van der Waals surface area contributed by atoms with Gasteiger partial charge in [-0.1, -0.05) is 0 Å². The van der Waals surface area contributed by atoms with Crippen LogP contribution in [0.3, 0.4) is 0 Å². The minimum absolute atomic E-state index is 0.0374. The number of aromatic amines is 1. The van der Waals surface area contributed by atoms with Gasteiger partial charge in [0.05, 0.1) is 12.0 Å². The van der Waals surface area contributed by atoms with E-state index in [4.69, 9.17) is 39.5 Å². The molecule has 1 aromatic heterocycles. The molecule has 0 radical (unpaired) electrons. The van der Waals surface area contributed by atoms with Crippen molar-refractivity contribution in [3.63, 3.8) is 0 Å². The first-order chi connectivity index (χ1) is 8.53. The lowest BCUT2D eigenvalue weighted by atomic mass is 10.4. The summed E-state index contributed by atoms with van der Waals surface area (Å²) in [6.07, 6.45) is 0.252. The van der Waals surface area contributed by atoms with Gasteiger partial charge in [-0.05, 0) is 6.92 Å². The molecule has 0 saturated carbocycles. The van der Waals surface area contributed by atoms with Gasteiger partial charge >= 0.3 is 5.69 Å². The number of hydrogen-bond donors (Lipinski definition) is 1. The molecule has 0 aliphatic heterocycles. The maximum atomic E-state index is 11.7. The summed E-state index contributed by atoms with van der Waals surface area (Å²) in [5.74, 6) is 0.414. The third-order valence-electron chi connectivity index (χ3n) is 2.28. The largest absolute Gasteiger partial charge is 0.351 e. The number of aryl methyl sites for hydroxylation is 1.